The Bertz CT molecular complexity index is 1760. The Hall–Kier alpha value is -5.71. The highest BCUT2D eigenvalue weighted by Gasteiger charge is 2.33. The smallest absolute Gasteiger partial charge is 0.408 e. The normalized spacial score (nSPS) is 16.0. The average Bonchev–Trinajstić information content (AvgIpc) is 3.11. The molecule has 0 spiro atoms. The van der Waals surface area contributed by atoms with Crippen LogP contribution in [-0.2, 0) is 43.4 Å². The molecule has 254 valence electrons. The van der Waals surface area contributed by atoms with Crippen molar-refractivity contribution in [1.29, 1.82) is 0 Å². The van der Waals surface area contributed by atoms with Gasteiger partial charge in [0, 0.05) is 25.3 Å². The van der Waals surface area contributed by atoms with Crippen molar-refractivity contribution in [2.75, 3.05) is 6.54 Å². The highest BCUT2D eigenvalue weighted by Crippen LogP contribution is 2.21. The van der Waals surface area contributed by atoms with Gasteiger partial charge >= 0.3 is 12.1 Å². The van der Waals surface area contributed by atoms with Crippen molar-refractivity contribution in [3.8, 4) is 0 Å². The van der Waals surface area contributed by atoms with Crippen molar-refractivity contribution >= 4 is 40.6 Å². The van der Waals surface area contributed by atoms with Crippen LogP contribution in [0.4, 0.5) is 4.79 Å². The molecule has 5 rings (SSSR count). The number of nitrogens with one attached hydrogen (secondary N) is 4. The Morgan fingerprint density at radius 1 is 0.735 bits per heavy atom. The lowest BCUT2D eigenvalue weighted by molar-refractivity contribution is -0.143. The fraction of sp³-hybridized carbons (Fsp3) is 0.289. The minimum atomic E-state index is -1.35. The Morgan fingerprint density at radius 2 is 1.35 bits per heavy atom. The lowest BCUT2D eigenvalue weighted by Gasteiger charge is -2.27. The molecule has 0 saturated carbocycles. The summed E-state index contributed by atoms with van der Waals surface area (Å²) in [5, 5.41) is 22.6. The molecule has 4 aromatic rings. The molecule has 0 aliphatic carbocycles. The number of ether oxygens (including phenoxy) is 1. The van der Waals surface area contributed by atoms with E-state index in [1.807, 2.05) is 78.9 Å². The zero-order valence-electron chi connectivity index (χ0n) is 27.0. The summed E-state index contributed by atoms with van der Waals surface area (Å²) in [4.78, 5) is 65.4. The summed E-state index contributed by atoms with van der Waals surface area (Å²) in [5.41, 5.74) is 2.29. The predicted molar refractivity (Wildman–Crippen MR) is 183 cm³/mol. The van der Waals surface area contributed by atoms with Crippen LogP contribution in [0.25, 0.3) is 10.8 Å². The third-order valence-corrected chi connectivity index (χ3v) is 8.58. The highest BCUT2D eigenvalue weighted by molar-refractivity contribution is 5.94. The Kier molecular flexibility index (Phi) is 11.9. The summed E-state index contributed by atoms with van der Waals surface area (Å²) in [6.45, 7) is 0.516. The minimum Gasteiger partial charge on any atom is -0.480 e. The fourth-order valence-electron chi connectivity index (χ4n) is 5.98. The molecule has 4 amide bonds. The van der Waals surface area contributed by atoms with Gasteiger partial charge in [0.15, 0.2) is 0 Å². The van der Waals surface area contributed by atoms with E-state index in [9.17, 15) is 29.1 Å². The number of rotatable bonds is 14. The molecular formula is C38H40N4O7. The van der Waals surface area contributed by atoms with E-state index in [2.05, 4.69) is 21.3 Å². The van der Waals surface area contributed by atoms with Gasteiger partial charge in [0.05, 0.1) is 0 Å². The van der Waals surface area contributed by atoms with Gasteiger partial charge in [-0.15, -0.1) is 0 Å². The van der Waals surface area contributed by atoms with Crippen LogP contribution in [0.1, 0.15) is 36.0 Å². The predicted octanol–water partition coefficient (Wildman–Crippen LogP) is 3.89. The molecule has 0 radical (unpaired) electrons. The molecule has 0 aromatic heterocycles. The molecule has 0 bridgehead atoms. The van der Waals surface area contributed by atoms with Gasteiger partial charge < -0.3 is 31.1 Å². The number of carboxylic acids is 1. The maximum Gasteiger partial charge on any atom is 0.408 e. The second kappa shape index (κ2) is 16.9. The van der Waals surface area contributed by atoms with Crippen LogP contribution in [0.15, 0.2) is 103 Å². The quantitative estimate of drug-likeness (QED) is 0.137. The van der Waals surface area contributed by atoms with Crippen LogP contribution in [0.2, 0.25) is 0 Å². The lowest BCUT2D eigenvalue weighted by Crippen LogP contribution is -2.57. The van der Waals surface area contributed by atoms with Crippen LogP contribution >= 0.6 is 0 Å². The Labute approximate surface area is 284 Å². The van der Waals surface area contributed by atoms with Crippen molar-refractivity contribution in [2.45, 2.75) is 56.8 Å². The Balaban J connectivity index is 1.37. The molecule has 49 heavy (non-hydrogen) atoms. The number of alkyl carbamates (subject to hydrolysis) is 1. The number of hydrogen-bond donors (Lipinski definition) is 5. The van der Waals surface area contributed by atoms with Gasteiger partial charge in [0.25, 0.3) is 0 Å². The van der Waals surface area contributed by atoms with E-state index in [1.165, 1.54) is 0 Å². The maximum absolute atomic E-state index is 14.0. The van der Waals surface area contributed by atoms with E-state index >= 15 is 0 Å². The van der Waals surface area contributed by atoms with Crippen LogP contribution in [0, 0.1) is 5.92 Å². The van der Waals surface area contributed by atoms with Crippen LogP contribution < -0.4 is 21.3 Å². The molecule has 1 aliphatic heterocycles. The van der Waals surface area contributed by atoms with E-state index in [-0.39, 0.29) is 31.8 Å². The van der Waals surface area contributed by atoms with Crippen LogP contribution in [0.5, 0.6) is 0 Å². The number of fused-ring (bicyclic) bond motifs is 1. The van der Waals surface area contributed by atoms with Gasteiger partial charge in [-0.3, -0.25) is 14.4 Å². The molecule has 1 heterocycles. The largest absolute Gasteiger partial charge is 0.480 e. The number of benzene rings is 4. The summed E-state index contributed by atoms with van der Waals surface area (Å²) in [7, 11) is 0. The summed E-state index contributed by atoms with van der Waals surface area (Å²) >= 11 is 0. The van der Waals surface area contributed by atoms with Gasteiger partial charge in [-0.05, 0) is 46.7 Å². The number of aliphatic carboxylic acids is 1. The maximum atomic E-state index is 14.0. The highest BCUT2D eigenvalue weighted by atomic mass is 16.5. The topological polar surface area (TPSA) is 163 Å². The van der Waals surface area contributed by atoms with Gasteiger partial charge in [-0.2, -0.15) is 0 Å². The second-order valence-corrected chi connectivity index (χ2v) is 12.1. The standard InChI is InChI=1S/C38H40N4O7/c43-34-29(18-10-20-39-34)23-33(37(46)47)41-35(44)31(21-25-11-3-1-4-12-25)40-36(45)32(42-38(48)49-24-26-13-5-2-6-14-26)22-28-17-9-16-27-15-7-8-19-30(27)28/h1-9,11-17,19,29,31-33H,10,18,20-24H2,(H,39,43)(H,40,45)(H,41,44)(H,42,48)(H,46,47)/t29-,31?,32?,33?/m0/s1. The van der Waals surface area contributed by atoms with Crippen LogP contribution in [-0.4, -0.2) is 59.6 Å². The van der Waals surface area contributed by atoms with Crippen LogP contribution in [0.3, 0.4) is 0 Å². The summed E-state index contributed by atoms with van der Waals surface area (Å²) in [6, 6.07) is 27.8. The van der Waals surface area contributed by atoms with Gasteiger partial charge in [-0.1, -0.05) is 103 Å². The first-order valence-electron chi connectivity index (χ1n) is 16.4. The Morgan fingerprint density at radius 3 is 2.04 bits per heavy atom. The van der Waals surface area contributed by atoms with E-state index in [0.29, 0.717) is 19.4 Å². The van der Waals surface area contributed by atoms with E-state index < -0.39 is 47.9 Å². The number of piperidine rings is 1. The summed E-state index contributed by atoms with van der Waals surface area (Å²) in [6.07, 6.45) is 0.456. The number of hydrogen-bond acceptors (Lipinski definition) is 6. The number of carbonyl (C=O) groups is 5. The number of carbonyl (C=O) groups excluding carboxylic acids is 4. The first-order chi connectivity index (χ1) is 23.8. The molecule has 11 nitrogen and oxygen atoms in total. The molecule has 1 saturated heterocycles. The average molecular weight is 665 g/mol. The van der Waals surface area contributed by atoms with Crippen molar-refractivity contribution in [3.05, 3.63) is 120 Å². The molecule has 4 atom stereocenters. The summed E-state index contributed by atoms with van der Waals surface area (Å²) in [5.74, 6) is -3.47. The van der Waals surface area contributed by atoms with Gasteiger partial charge in [-0.25, -0.2) is 9.59 Å². The van der Waals surface area contributed by atoms with Gasteiger partial charge in [0.1, 0.15) is 24.7 Å². The SMILES string of the molecule is O=C(NC(Cc1cccc2ccccc12)C(=O)NC(Cc1ccccc1)C(=O)NC(C[C@@H]1CCCNC1=O)C(=O)O)OCc1ccccc1. The fourth-order valence-corrected chi connectivity index (χ4v) is 5.98. The van der Waals surface area contributed by atoms with E-state index in [0.717, 1.165) is 27.5 Å². The van der Waals surface area contributed by atoms with E-state index in [1.54, 1.807) is 24.3 Å². The molecule has 1 fully saturated rings. The molecule has 3 unspecified atom stereocenters. The third kappa shape index (κ3) is 9.90. The van der Waals surface area contributed by atoms with Crippen molar-refractivity contribution < 1.29 is 33.8 Å². The second-order valence-electron chi connectivity index (χ2n) is 12.1. The monoisotopic (exact) mass is 664 g/mol. The summed E-state index contributed by atoms with van der Waals surface area (Å²) < 4.78 is 5.43. The number of carboxylic acid groups (broad SMARTS) is 1. The van der Waals surface area contributed by atoms with Crippen molar-refractivity contribution in [2.24, 2.45) is 5.92 Å². The third-order valence-electron chi connectivity index (χ3n) is 8.58. The molecular weight excluding hydrogens is 624 g/mol. The first kappa shape index (κ1) is 34.6. The molecule has 1 aliphatic rings. The number of amides is 4. The van der Waals surface area contributed by atoms with Gasteiger partial charge in [0.2, 0.25) is 17.7 Å². The van der Waals surface area contributed by atoms with E-state index in [4.69, 9.17) is 4.74 Å². The zero-order valence-corrected chi connectivity index (χ0v) is 27.0. The van der Waals surface area contributed by atoms with Crippen molar-refractivity contribution in [1.82, 2.24) is 21.3 Å². The zero-order chi connectivity index (χ0) is 34.6. The lowest BCUT2D eigenvalue weighted by atomic mass is 9.91. The molecule has 11 heteroatoms. The minimum absolute atomic E-state index is 0.0100. The van der Waals surface area contributed by atoms with Crippen molar-refractivity contribution in [3.63, 3.8) is 0 Å². The molecule has 4 aromatic carbocycles. The molecule has 5 N–H and O–H groups in total. The first-order valence-corrected chi connectivity index (χ1v) is 16.4.